The van der Waals surface area contributed by atoms with Gasteiger partial charge in [0.2, 0.25) is 0 Å². The molecule has 1 aromatic rings. The monoisotopic (exact) mass is 246 g/mol. The topological polar surface area (TPSA) is 17.1 Å². The predicted octanol–water partition coefficient (Wildman–Crippen LogP) is 4.11. The van der Waals surface area contributed by atoms with E-state index < -0.39 is 0 Å². The minimum atomic E-state index is -0.306. The summed E-state index contributed by atoms with van der Waals surface area (Å²) in [5.74, 6) is -0.120. The Morgan fingerprint density at radius 3 is 2.67 bits per heavy atom. The molecule has 96 valence electrons. The van der Waals surface area contributed by atoms with Crippen LogP contribution in [0.15, 0.2) is 18.2 Å². The summed E-state index contributed by atoms with van der Waals surface area (Å²) >= 11 is 0. The number of carbonyl (C=O) groups is 1. The van der Waals surface area contributed by atoms with Crippen LogP contribution in [0.4, 0.5) is 4.39 Å². The van der Waals surface area contributed by atoms with Gasteiger partial charge in [0.1, 0.15) is 5.82 Å². The van der Waals surface area contributed by atoms with Gasteiger partial charge in [0.25, 0.3) is 0 Å². The molecule has 0 aromatic heterocycles. The Hall–Kier alpha value is -1.18. The van der Waals surface area contributed by atoms with Crippen molar-refractivity contribution >= 4 is 5.78 Å². The van der Waals surface area contributed by atoms with Gasteiger partial charge >= 0.3 is 0 Å². The molecule has 3 rings (SSSR count). The van der Waals surface area contributed by atoms with Crippen molar-refractivity contribution in [3.63, 3.8) is 0 Å². The fraction of sp³-hybridized carbons (Fsp3) is 0.562. The summed E-state index contributed by atoms with van der Waals surface area (Å²) in [4.78, 5) is 12.6. The second-order valence-corrected chi connectivity index (χ2v) is 6.72. The van der Waals surface area contributed by atoms with E-state index in [4.69, 9.17) is 0 Å². The van der Waals surface area contributed by atoms with Crippen molar-refractivity contribution in [3.8, 4) is 0 Å². The first-order chi connectivity index (χ1) is 8.38. The predicted molar refractivity (Wildman–Crippen MR) is 69.2 cm³/mol. The van der Waals surface area contributed by atoms with Gasteiger partial charge in [-0.15, -0.1) is 0 Å². The lowest BCUT2D eigenvalue weighted by atomic mass is 9.56. The molecule has 1 nitrogen and oxygen atoms in total. The molecule has 0 aliphatic heterocycles. The highest BCUT2D eigenvalue weighted by Crippen LogP contribution is 2.58. The number of Topliss-reactive ketones (excluding diaryl/α,β-unsaturated/α-hetero) is 1. The molecule has 0 bridgehead atoms. The largest absolute Gasteiger partial charge is 0.294 e. The summed E-state index contributed by atoms with van der Waals surface area (Å²) in [6, 6.07) is 4.93. The van der Waals surface area contributed by atoms with Crippen molar-refractivity contribution < 1.29 is 9.18 Å². The van der Waals surface area contributed by atoms with Crippen molar-refractivity contribution in [1.29, 1.82) is 0 Å². The van der Waals surface area contributed by atoms with Gasteiger partial charge < -0.3 is 0 Å². The first-order valence-corrected chi connectivity index (χ1v) is 6.71. The van der Waals surface area contributed by atoms with Gasteiger partial charge in [0.05, 0.1) is 0 Å². The molecule has 2 aliphatic carbocycles. The van der Waals surface area contributed by atoms with Crippen LogP contribution in [-0.2, 0) is 5.41 Å². The fourth-order valence-corrected chi connectivity index (χ4v) is 4.44. The second kappa shape index (κ2) is 3.43. The van der Waals surface area contributed by atoms with Crippen LogP contribution in [0, 0.1) is 17.2 Å². The maximum Gasteiger partial charge on any atom is 0.167 e. The van der Waals surface area contributed by atoms with Crippen molar-refractivity contribution in [2.24, 2.45) is 11.3 Å². The number of fused-ring (bicyclic) bond motifs is 3. The van der Waals surface area contributed by atoms with Gasteiger partial charge in [-0.3, -0.25) is 4.79 Å². The zero-order valence-corrected chi connectivity index (χ0v) is 11.2. The van der Waals surface area contributed by atoms with E-state index in [-0.39, 0.29) is 28.3 Å². The van der Waals surface area contributed by atoms with E-state index in [1.165, 1.54) is 6.07 Å². The van der Waals surface area contributed by atoms with Crippen LogP contribution in [-0.4, -0.2) is 5.78 Å². The zero-order chi connectivity index (χ0) is 13.1. The fourth-order valence-electron chi connectivity index (χ4n) is 4.44. The number of rotatable bonds is 0. The van der Waals surface area contributed by atoms with E-state index in [9.17, 15) is 9.18 Å². The maximum absolute atomic E-state index is 14.2. The number of hydrogen-bond acceptors (Lipinski definition) is 1. The molecule has 2 unspecified atom stereocenters. The van der Waals surface area contributed by atoms with Crippen molar-refractivity contribution in [2.45, 2.75) is 45.4 Å². The number of carbonyl (C=O) groups excluding carboxylic acids is 1. The lowest BCUT2D eigenvalue weighted by Gasteiger charge is -2.46. The quantitative estimate of drug-likeness (QED) is 0.673. The van der Waals surface area contributed by atoms with E-state index in [1.54, 1.807) is 12.1 Å². The molecule has 0 spiro atoms. The molecule has 1 fully saturated rings. The molecular formula is C16H19FO. The SMILES string of the molecule is CC1(C)CCCC2(C)c3c(F)cccc3C(=O)C12. The van der Waals surface area contributed by atoms with E-state index in [2.05, 4.69) is 20.8 Å². The molecule has 18 heavy (non-hydrogen) atoms. The number of hydrogen-bond donors (Lipinski definition) is 0. The minimum Gasteiger partial charge on any atom is -0.294 e. The molecule has 0 radical (unpaired) electrons. The van der Waals surface area contributed by atoms with Crippen LogP contribution in [0.25, 0.3) is 0 Å². The Balaban J connectivity index is 2.27. The van der Waals surface area contributed by atoms with E-state index in [1.807, 2.05) is 0 Å². The Morgan fingerprint density at radius 2 is 1.94 bits per heavy atom. The van der Waals surface area contributed by atoms with Gasteiger partial charge in [-0.05, 0) is 24.3 Å². The number of halogens is 1. The van der Waals surface area contributed by atoms with Gasteiger partial charge in [-0.25, -0.2) is 4.39 Å². The van der Waals surface area contributed by atoms with Crippen LogP contribution in [0.5, 0.6) is 0 Å². The summed E-state index contributed by atoms with van der Waals surface area (Å²) < 4.78 is 14.2. The first-order valence-electron chi connectivity index (χ1n) is 6.71. The molecule has 1 saturated carbocycles. The van der Waals surface area contributed by atoms with Crippen LogP contribution < -0.4 is 0 Å². The first kappa shape index (κ1) is 11.9. The average molecular weight is 246 g/mol. The molecule has 2 heteroatoms. The highest BCUT2D eigenvalue weighted by Gasteiger charge is 2.57. The maximum atomic E-state index is 14.2. The molecular weight excluding hydrogens is 227 g/mol. The smallest absolute Gasteiger partial charge is 0.167 e. The van der Waals surface area contributed by atoms with Gasteiger partial charge in [0.15, 0.2) is 5.78 Å². The molecule has 0 saturated heterocycles. The Kier molecular flexibility index (Phi) is 2.27. The Labute approximate surface area is 107 Å². The van der Waals surface area contributed by atoms with Crippen LogP contribution in [0.1, 0.15) is 56.0 Å². The lowest BCUT2D eigenvalue weighted by molar-refractivity contribution is 0.0495. The minimum absolute atomic E-state index is 0.0322. The Bertz CT molecular complexity index is 532. The number of benzene rings is 1. The summed E-state index contributed by atoms with van der Waals surface area (Å²) in [5, 5.41) is 0. The van der Waals surface area contributed by atoms with E-state index in [0.29, 0.717) is 11.1 Å². The molecule has 0 amide bonds. The summed E-state index contributed by atoms with van der Waals surface area (Å²) in [5.41, 5.74) is 0.958. The molecule has 0 heterocycles. The van der Waals surface area contributed by atoms with Crippen LogP contribution in [0.3, 0.4) is 0 Å². The van der Waals surface area contributed by atoms with E-state index >= 15 is 0 Å². The molecule has 1 aromatic carbocycles. The zero-order valence-electron chi connectivity index (χ0n) is 11.2. The van der Waals surface area contributed by atoms with Crippen LogP contribution >= 0.6 is 0 Å². The third kappa shape index (κ3) is 1.29. The third-order valence-electron chi connectivity index (χ3n) is 5.05. The van der Waals surface area contributed by atoms with Crippen molar-refractivity contribution in [3.05, 3.63) is 35.1 Å². The van der Waals surface area contributed by atoms with Gasteiger partial charge in [-0.1, -0.05) is 39.3 Å². The highest BCUT2D eigenvalue weighted by molar-refractivity contribution is 6.04. The van der Waals surface area contributed by atoms with Crippen molar-refractivity contribution in [1.82, 2.24) is 0 Å². The Morgan fingerprint density at radius 1 is 1.22 bits per heavy atom. The lowest BCUT2D eigenvalue weighted by Crippen LogP contribution is -2.44. The van der Waals surface area contributed by atoms with E-state index in [0.717, 1.165) is 19.3 Å². The standard InChI is InChI=1S/C16H19FO/c1-15(2)8-5-9-16(3)12-10(13(18)14(15)16)6-4-7-11(12)17/h4,6-7,14H,5,8-9H2,1-3H3. The summed E-state index contributed by atoms with van der Waals surface area (Å²) in [7, 11) is 0. The second-order valence-electron chi connectivity index (χ2n) is 6.72. The highest BCUT2D eigenvalue weighted by atomic mass is 19.1. The normalized spacial score (nSPS) is 33.1. The summed E-state index contributed by atoms with van der Waals surface area (Å²) in [6.07, 6.45) is 3.04. The third-order valence-corrected chi connectivity index (χ3v) is 5.05. The number of ketones is 1. The summed E-state index contributed by atoms with van der Waals surface area (Å²) in [6.45, 7) is 6.37. The molecule has 0 N–H and O–H groups in total. The average Bonchev–Trinajstić information content (AvgIpc) is 2.49. The van der Waals surface area contributed by atoms with Gasteiger partial charge in [-0.2, -0.15) is 0 Å². The molecule has 2 atom stereocenters. The van der Waals surface area contributed by atoms with Gasteiger partial charge in [0, 0.05) is 22.5 Å². The molecule has 2 aliphatic rings. The van der Waals surface area contributed by atoms with Crippen molar-refractivity contribution in [2.75, 3.05) is 0 Å². The van der Waals surface area contributed by atoms with Crippen LogP contribution in [0.2, 0.25) is 0 Å².